The van der Waals surface area contributed by atoms with E-state index in [1.54, 1.807) is 0 Å². The maximum absolute atomic E-state index is 15.6. The van der Waals surface area contributed by atoms with Gasteiger partial charge < -0.3 is 4.52 Å². The van der Waals surface area contributed by atoms with Crippen LogP contribution in [0, 0.1) is 0 Å². The quantitative estimate of drug-likeness (QED) is 0.657. The van der Waals surface area contributed by atoms with E-state index in [1.807, 2.05) is 54.6 Å². The van der Waals surface area contributed by atoms with Crippen molar-refractivity contribution in [1.82, 2.24) is 15.0 Å². The van der Waals surface area contributed by atoms with Gasteiger partial charge in [0.2, 0.25) is 11.5 Å². The molecule has 0 spiro atoms. The van der Waals surface area contributed by atoms with Gasteiger partial charge in [-0.2, -0.15) is 4.98 Å². The Bertz CT molecular complexity index is 886. The molecule has 0 saturated carbocycles. The average Bonchev–Trinajstić information content (AvgIpc) is 3.14. The zero-order chi connectivity index (χ0) is 18.0. The van der Waals surface area contributed by atoms with Crippen molar-refractivity contribution in [2.45, 2.75) is 25.1 Å². The summed E-state index contributed by atoms with van der Waals surface area (Å²) in [7, 11) is 0. The van der Waals surface area contributed by atoms with Crippen molar-refractivity contribution in [2.24, 2.45) is 0 Å². The molecule has 2 heterocycles. The lowest BCUT2D eigenvalue weighted by Crippen LogP contribution is -2.43. The molecule has 1 aliphatic rings. The minimum atomic E-state index is -1.63. The second kappa shape index (κ2) is 7.17. The molecule has 6 heteroatoms. The van der Waals surface area contributed by atoms with Gasteiger partial charge in [0.05, 0.1) is 0 Å². The number of likely N-dealkylation sites (tertiary alicyclic amines) is 1. The third-order valence-corrected chi connectivity index (χ3v) is 4.89. The number of nitrogens with zero attached hydrogens (tertiary/aromatic N) is 3. The molecule has 0 bridgehead atoms. The first-order chi connectivity index (χ1) is 12.6. The minimum absolute atomic E-state index is 0.0622. The van der Waals surface area contributed by atoms with Crippen LogP contribution in [0.5, 0.6) is 0 Å². The molecule has 134 valence electrons. The van der Waals surface area contributed by atoms with E-state index in [2.05, 4.69) is 15.0 Å². The van der Waals surface area contributed by atoms with Gasteiger partial charge in [-0.05, 0) is 37.1 Å². The standard InChI is InChI=1S/C20H19ClFN3O/c21-17-9-4-6-15(12-17)13-25-11-5-10-20(22,14-25)19-23-18(24-26-19)16-7-2-1-3-8-16/h1-4,6-9,12H,5,10-11,13-14H2. The summed E-state index contributed by atoms with van der Waals surface area (Å²) < 4.78 is 20.9. The molecule has 1 atom stereocenters. The number of piperidine rings is 1. The molecule has 4 nitrogen and oxygen atoms in total. The molecule has 26 heavy (non-hydrogen) atoms. The average molecular weight is 372 g/mol. The highest BCUT2D eigenvalue weighted by molar-refractivity contribution is 6.30. The summed E-state index contributed by atoms with van der Waals surface area (Å²) in [5, 5.41) is 4.66. The van der Waals surface area contributed by atoms with Gasteiger partial charge in [0.1, 0.15) is 0 Å². The Labute approximate surface area is 156 Å². The first-order valence-corrected chi connectivity index (χ1v) is 9.05. The molecular weight excluding hydrogens is 353 g/mol. The number of aromatic nitrogens is 2. The molecule has 1 fully saturated rings. The largest absolute Gasteiger partial charge is 0.335 e. The molecule has 3 aromatic rings. The molecule has 1 saturated heterocycles. The summed E-state index contributed by atoms with van der Waals surface area (Å²) in [5.74, 6) is 0.483. The number of alkyl halides is 1. The summed E-state index contributed by atoms with van der Waals surface area (Å²) in [6.07, 6.45) is 1.12. The summed E-state index contributed by atoms with van der Waals surface area (Å²) in [5.41, 5.74) is 0.256. The first kappa shape index (κ1) is 17.2. The molecule has 0 radical (unpaired) electrons. The van der Waals surface area contributed by atoms with Crippen LogP contribution in [0.25, 0.3) is 11.4 Å². The number of halogens is 2. The molecule has 0 N–H and O–H groups in total. The summed E-state index contributed by atoms with van der Waals surface area (Å²) in [4.78, 5) is 6.40. The highest BCUT2D eigenvalue weighted by Crippen LogP contribution is 2.36. The first-order valence-electron chi connectivity index (χ1n) is 8.68. The normalized spacial score (nSPS) is 21.0. The summed E-state index contributed by atoms with van der Waals surface area (Å²) in [6.45, 7) is 1.71. The van der Waals surface area contributed by atoms with E-state index < -0.39 is 5.67 Å². The van der Waals surface area contributed by atoms with Crippen LogP contribution < -0.4 is 0 Å². The maximum Gasteiger partial charge on any atom is 0.265 e. The Balaban J connectivity index is 1.52. The Morgan fingerprint density at radius 2 is 2.00 bits per heavy atom. The Kier molecular flexibility index (Phi) is 4.74. The van der Waals surface area contributed by atoms with E-state index in [9.17, 15) is 0 Å². The van der Waals surface area contributed by atoms with Crippen molar-refractivity contribution >= 4 is 11.6 Å². The zero-order valence-electron chi connectivity index (χ0n) is 14.2. The van der Waals surface area contributed by atoms with Gasteiger partial charge in [-0.25, -0.2) is 4.39 Å². The van der Waals surface area contributed by atoms with Crippen LogP contribution in [0.3, 0.4) is 0 Å². The van der Waals surface area contributed by atoms with Crippen LogP contribution in [0.15, 0.2) is 59.1 Å². The lowest BCUT2D eigenvalue weighted by Gasteiger charge is -2.35. The van der Waals surface area contributed by atoms with Gasteiger partial charge in [-0.1, -0.05) is 59.2 Å². The zero-order valence-corrected chi connectivity index (χ0v) is 15.0. The van der Waals surface area contributed by atoms with Crippen molar-refractivity contribution in [2.75, 3.05) is 13.1 Å². The second-order valence-corrected chi connectivity index (χ2v) is 7.14. The van der Waals surface area contributed by atoms with E-state index in [0.717, 1.165) is 24.1 Å². The van der Waals surface area contributed by atoms with Crippen molar-refractivity contribution in [3.63, 3.8) is 0 Å². The minimum Gasteiger partial charge on any atom is -0.335 e. The fourth-order valence-corrected chi connectivity index (χ4v) is 3.62. The van der Waals surface area contributed by atoms with Gasteiger partial charge >= 0.3 is 0 Å². The summed E-state index contributed by atoms with van der Waals surface area (Å²) in [6, 6.07) is 17.1. The van der Waals surface area contributed by atoms with Crippen LogP contribution in [0.2, 0.25) is 5.02 Å². The van der Waals surface area contributed by atoms with Gasteiger partial charge in [0.15, 0.2) is 0 Å². The molecule has 4 rings (SSSR count). The Morgan fingerprint density at radius 1 is 1.15 bits per heavy atom. The van der Waals surface area contributed by atoms with Crippen LogP contribution in [-0.2, 0) is 12.2 Å². The fraction of sp³-hybridized carbons (Fsp3) is 0.300. The Morgan fingerprint density at radius 3 is 2.81 bits per heavy atom. The van der Waals surface area contributed by atoms with Gasteiger partial charge in [0, 0.05) is 23.7 Å². The number of rotatable bonds is 4. The second-order valence-electron chi connectivity index (χ2n) is 6.70. The predicted molar refractivity (Wildman–Crippen MR) is 98.5 cm³/mol. The van der Waals surface area contributed by atoms with Crippen molar-refractivity contribution in [3.05, 3.63) is 71.1 Å². The maximum atomic E-state index is 15.6. The molecule has 0 aliphatic carbocycles. The predicted octanol–water partition coefficient (Wildman–Crippen LogP) is 4.85. The van der Waals surface area contributed by atoms with E-state index >= 15 is 4.39 Å². The van der Waals surface area contributed by atoms with Crippen molar-refractivity contribution in [3.8, 4) is 11.4 Å². The number of hydrogen-bond donors (Lipinski definition) is 0. The highest BCUT2D eigenvalue weighted by Gasteiger charge is 2.42. The van der Waals surface area contributed by atoms with Gasteiger partial charge in [-0.3, -0.25) is 4.90 Å². The number of benzene rings is 2. The molecule has 0 amide bonds. The summed E-state index contributed by atoms with van der Waals surface area (Å²) >= 11 is 6.05. The van der Waals surface area contributed by atoms with Crippen LogP contribution in [-0.4, -0.2) is 28.1 Å². The van der Waals surface area contributed by atoms with Gasteiger partial charge in [0.25, 0.3) is 5.89 Å². The van der Waals surface area contributed by atoms with Crippen LogP contribution >= 0.6 is 11.6 Å². The third-order valence-electron chi connectivity index (χ3n) is 4.66. The van der Waals surface area contributed by atoms with Crippen molar-refractivity contribution in [1.29, 1.82) is 0 Å². The smallest absolute Gasteiger partial charge is 0.265 e. The molecule has 2 aromatic carbocycles. The third kappa shape index (κ3) is 3.64. The lowest BCUT2D eigenvalue weighted by atomic mass is 9.94. The fourth-order valence-electron chi connectivity index (χ4n) is 3.41. The molecule has 1 aliphatic heterocycles. The van der Waals surface area contributed by atoms with E-state index in [4.69, 9.17) is 16.1 Å². The van der Waals surface area contributed by atoms with Crippen LogP contribution in [0.1, 0.15) is 24.3 Å². The highest BCUT2D eigenvalue weighted by atomic mass is 35.5. The van der Waals surface area contributed by atoms with Crippen LogP contribution in [0.4, 0.5) is 4.39 Å². The topological polar surface area (TPSA) is 42.2 Å². The molecule has 1 unspecified atom stereocenters. The number of hydrogen-bond acceptors (Lipinski definition) is 4. The van der Waals surface area contributed by atoms with E-state index in [1.165, 1.54) is 0 Å². The van der Waals surface area contributed by atoms with Gasteiger partial charge in [-0.15, -0.1) is 0 Å². The monoisotopic (exact) mass is 371 g/mol. The Hall–Kier alpha value is -2.24. The lowest BCUT2D eigenvalue weighted by molar-refractivity contribution is 0.0124. The van der Waals surface area contributed by atoms with E-state index in [-0.39, 0.29) is 12.4 Å². The molecular formula is C20H19ClFN3O. The van der Waals surface area contributed by atoms with E-state index in [0.29, 0.717) is 23.8 Å². The SMILES string of the molecule is FC1(c2nc(-c3ccccc3)no2)CCCN(Cc2cccc(Cl)c2)C1. The molecule has 1 aromatic heterocycles. The van der Waals surface area contributed by atoms with Crippen molar-refractivity contribution < 1.29 is 8.91 Å².